The molecular weight excluding hydrogens is 437 g/mol. The van der Waals surface area contributed by atoms with E-state index < -0.39 is 17.8 Å². The van der Waals surface area contributed by atoms with E-state index in [-0.39, 0.29) is 16.9 Å². The number of methoxy groups -OCH3 is 1. The highest BCUT2D eigenvalue weighted by atomic mass is 19.4. The van der Waals surface area contributed by atoms with Crippen LogP contribution in [0.3, 0.4) is 0 Å². The molecule has 4 aromatic rings. The van der Waals surface area contributed by atoms with Crippen LogP contribution in [0, 0.1) is 0 Å². The molecule has 0 unspecified atom stereocenters. The minimum atomic E-state index is -4.69. The first-order valence-electron chi connectivity index (χ1n) is 10.1. The molecule has 0 spiro atoms. The number of aryl methyl sites for hydroxylation is 1. The maximum Gasteiger partial charge on any atom is 0.433 e. The van der Waals surface area contributed by atoms with Gasteiger partial charge >= 0.3 is 6.18 Å². The fourth-order valence-corrected chi connectivity index (χ4v) is 3.44. The number of nitrogens with zero attached hydrogens (tertiary/aromatic N) is 6. The molecule has 0 aliphatic heterocycles. The summed E-state index contributed by atoms with van der Waals surface area (Å²) in [7, 11) is 3.09. The van der Waals surface area contributed by atoms with Crippen molar-refractivity contribution in [2.45, 2.75) is 19.1 Å². The zero-order chi connectivity index (χ0) is 23.6. The van der Waals surface area contributed by atoms with Crippen LogP contribution in [-0.4, -0.2) is 55.7 Å². The van der Waals surface area contributed by atoms with E-state index in [2.05, 4.69) is 15.1 Å². The van der Waals surface area contributed by atoms with E-state index in [1.165, 1.54) is 12.0 Å². The lowest BCUT2D eigenvalue weighted by molar-refractivity contribution is -0.142. The Bertz CT molecular complexity index is 1250. The Hall–Kier alpha value is -3.89. The normalized spacial score (nSPS) is 11.7. The Morgan fingerprint density at radius 1 is 1.21 bits per heavy atom. The minimum absolute atomic E-state index is 0.000919. The standard InChI is InChI=1S/C22H21F3N6O2/c1-29(9-3-10-30-11-8-26-14-30)21(32)17-13-27-31-19(22(23,24)25)12-18(28-20(17)31)15-4-6-16(33-2)7-5-15/h4-8,11-14H,3,9-10H2,1-2H3. The van der Waals surface area contributed by atoms with E-state index in [0.717, 1.165) is 12.3 Å². The summed E-state index contributed by atoms with van der Waals surface area (Å²) >= 11 is 0. The molecule has 1 aromatic carbocycles. The Balaban J connectivity index is 1.67. The number of imidazole rings is 1. The number of amides is 1. The van der Waals surface area contributed by atoms with Crippen molar-refractivity contribution in [3.63, 3.8) is 0 Å². The van der Waals surface area contributed by atoms with Gasteiger partial charge in [-0.2, -0.15) is 18.3 Å². The monoisotopic (exact) mass is 458 g/mol. The van der Waals surface area contributed by atoms with Crippen molar-refractivity contribution in [1.82, 2.24) is 29.0 Å². The number of alkyl halides is 3. The smallest absolute Gasteiger partial charge is 0.433 e. The van der Waals surface area contributed by atoms with Gasteiger partial charge in [-0.15, -0.1) is 0 Å². The molecule has 0 aliphatic carbocycles. The highest BCUT2D eigenvalue weighted by molar-refractivity contribution is 5.99. The minimum Gasteiger partial charge on any atom is -0.497 e. The Morgan fingerprint density at radius 2 is 1.97 bits per heavy atom. The molecule has 0 radical (unpaired) electrons. The third kappa shape index (κ3) is 4.66. The van der Waals surface area contributed by atoms with Crippen molar-refractivity contribution in [2.75, 3.05) is 20.7 Å². The molecule has 0 atom stereocenters. The number of ether oxygens (including phenoxy) is 1. The third-order valence-corrected chi connectivity index (χ3v) is 5.19. The van der Waals surface area contributed by atoms with Crippen LogP contribution in [0.1, 0.15) is 22.5 Å². The molecule has 1 amide bonds. The van der Waals surface area contributed by atoms with Crippen molar-refractivity contribution >= 4 is 11.6 Å². The summed E-state index contributed by atoms with van der Waals surface area (Å²) in [5.74, 6) is 0.108. The number of halogens is 3. The summed E-state index contributed by atoms with van der Waals surface area (Å²) in [6.07, 6.45) is 2.25. The first-order chi connectivity index (χ1) is 15.8. The second-order valence-corrected chi connectivity index (χ2v) is 7.43. The summed E-state index contributed by atoms with van der Waals surface area (Å²) in [6, 6.07) is 7.40. The Kier molecular flexibility index (Phi) is 6.03. The second kappa shape index (κ2) is 8.93. The van der Waals surface area contributed by atoms with Gasteiger partial charge in [0.05, 0.1) is 25.3 Å². The first kappa shape index (κ1) is 22.3. The Morgan fingerprint density at radius 3 is 2.61 bits per heavy atom. The zero-order valence-electron chi connectivity index (χ0n) is 18.0. The van der Waals surface area contributed by atoms with E-state index >= 15 is 0 Å². The van der Waals surface area contributed by atoms with Gasteiger partial charge in [0.25, 0.3) is 5.91 Å². The maximum atomic E-state index is 13.8. The van der Waals surface area contributed by atoms with Crippen LogP contribution < -0.4 is 4.74 Å². The largest absolute Gasteiger partial charge is 0.497 e. The Labute approximate surface area is 187 Å². The van der Waals surface area contributed by atoms with Crippen LogP contribution in [0.25, 0.3) is 16.9 Å². The van der Waals surface area contributed by atoms with E-state index in [0.29, 0.717) is 35.3 Å². The number of carbonyl (C=O) groups is 1. The number of fused-ring (bicyclic) bond motifs is 1. The molecule has 172 valence electrons. The van der Waals surface area contributed by atoms with Gasteiger partial charge in [-0.3, -0.25) is 4.79 Å². The average Bonchev–Trinajstić information content (AvgIpc) is 3.47. The van der Waals surface area contributed by atoms with Crippen molar-refractivity contribution in [3.05, 3.63) is 66.5 Å². The highest BCUT2D eigenvalue weighted by Gasteiger charge is 2.36. The van der Waals surface area contributed by atoms with Crippen LogP contribution in [0.5, 0.6) is 5.75 Å². The summed E-state index contributed by atoms with van der Waals surface area (Å²) in [4.78, 5) is 22.8. The van der Waals surface area contributed by atoms with E-state index in [4.69, 9.17) is 4.74 Å². The summed E-state index contributed by atoms with van der Waals surface area (Å²) < 4.78 is 49.0. The molecular formula is C22H21F3N6O2. The predicted molar refractivity (Wildman–Crippen MR) is 114 cm³/mol. The van der Waals surface area contributed by atoms with Crippen LogP contribution in [0.4, 0.5) is 13.2 Å². The number of rotatable bonds is 7. The second-order valence-electron chi connectivity index (χ2n) is 7.43. The van der Waals surface area contributed by atoms with E-state index in [9.17, 15) is 18.0 Å². The van der Waals surface area contributed by atoms with Crippen LogP contribution in [0.15, 0.2) is 55.2 Å². The molecule has 0 saturated carbocycles. The molecule has 3 aromatic heterocycles. The number of carbonyl (C=O) groups excluding carboxylic acids is 1. The predicted octanol–water partition coefficient (Wildman–Crippen LogP) is 3.78. The number of aromatic nitrogens is 5. The van der Waals surface area contributed by atoms with Crippen molar-refractivity contribution in [3.8, 4) is 17.0 Å². The molecule has 0 aliphatic rings. The van der Waals surface area contributed by atoms with Crippen LogP contribution in [0.2, 0.25) is 0 Å². The number of hydrogen-bond acceptors (Lipinski definition) is 5. The average molecular weight is 458 g/mol. The topological polar surface area (TPSA) is 77.5 Å². The van der Waals surface area contributed by atoms with Gasteiger partial charge in [0.15, 0.2) is 11.3 Å². The highest BCUT2D eigenvalue weighted by Crippen LogP contribution is 2.33. The lowest BCUT2D eigenvalue weighted by Gasteiger charge is -2.17. The molecule has 0 N–H and O–H groups in total. The van der Waals surface area contributed by atoms with Crippen molar-refractivity contribution < 1.29 is 22.7 Å². The molecule has 0 fully saturated rings. The lowest BCUT2D eigenvalue weighted by Crippen LogP contribution is -2.28. The zero-order valence-corrected chi connectivity index (χ0v) is 18.0. The van der Waals surface area contributed by atoms with Gasteiger partial charge in [-0.25, -0.2) is 14.5 Å². The summed E-state index contributed by atoms with van der Waals surface area (Å²) in [5.41, 5.74) is -0.630. The van der Waals surface area contributed by atoms with Crippen LogP contribution >= 0.6 is 0 Å². The van der Waals surface area contributed by atoms with Crippen molar-refractivity contribution in [2.24, 2.45) is 0 Å². The van der Waals surface area contributed by atoms with Gasteiger partial charge in [0.1, 0.15) is 11.3 Å². The SMILES string of the molecule is COc1ccc(-c2cc(C(F)(F)F)n3ncc(C(=O)N(C)CCCn4ccnc4)c3n2)cc1. The van der Waals surface area contributed by atoms with Crippen molar-refractivity contribution in [1.29, 1.82) is 0 Å². The fourth-order valence-electron chi connectivity index (χ4n) is 3.44. The molecule has 4 rings (SSSR count). The van der Waals surface area contributed by atoms with Gasteiger partial charge in [0, 0.05) is 38.1 Å². The number of benzene rings is 1. The molecule has 11 heteroatoms. The molecule has 0 saturated heterocycles. The quantitative estimate of drug-likeness (QED) is 0.421. The van der Waals surface area contributed by atoms with Crippen LogP contribution in [-0.2, 0) is 12.7 Å². The fraction of sp³-hybridized carbons (Fsp3) is 0.273. The van der Waals surface area contributed by atoms with Gasteiger partial charge in [-0.05, 0) is 36.8 Å². The summed E-state index contributed by atoms with van der Waals surface area (Å²) in [5, 5.41) is 3.83. The molecule has 8 nitrogen and oxygen atoms in total. The van der Waals surface area contributed by atoms with E-state index in [1.807, 2.05) is 10.8 Å². The third-order valence-electron chi connectivity index (χ3n) is 5.19. The molecule has 33 heavy (non-hydrogen) atoms. The lowest BCUT2D eigenvalue weighted by atomic mass is 10.1. The first-order valence-corrected chi connectivity index (χ1v) is 10.1. The molecule has 0 bridgehead atoms. The van der Waals surface area contributed by atoms with Gasteiger partial charge < -0.3 is 14.2 Å². The van der Waals surface area contributed by atoms with Gasteiger partial charge in [-0.1, -0.05) is 0 Å². The van der Waals surface area contributed by atoms with Gasteiger partial charge in [0.2, 0.25) is 0 Å². The maximum absolute atomic E-state index is 13.8. The summed E-state index contributed by atoms with van der Waals surface area (Å²) in [6.45, 7) is 1.06. The number of hydrogen-bond donors (Lipinski definition) is 0. The van der Waals surface area contributed by atoms with E-state index in [1.54, 1.807) is 43.8 Å². The molecule has 3 heterocycles.